The smallest absolute Gasteiger partial charge is 0.253 e. The third-order valence-corrected chi connectivity index (χ3v) is 1.96. The molecule has 0 fully saturated rings. The van der Waals surface area contributed by atoms with Crippen LogP contribution in [0.5, 0.6) is 0 Å². The van der Waals surface area contributed by atoms with Crippen LogP contribution in [0.15, 0.2) is 29.4 Å². The first kappa shape index (κ1) is 12.6. The highest BCUT2D eigenvalue weighted by molar-refractivity contribution is 5.94. The second-order valence-corrected chi connectivity index (χ2v) is 3.47. The Morgan fingerprint density at radius 2 is 2.29 bits per heavy atom. The molecule has 17 heavy (non-hydrogen) atoms. The molecular formula is C12H12N4O. The highest BCUT2D eigenvalue weighted by Gasteiger charge is 2.06. The van der Waals surface area contributed by atoms with Crippen molar-refractivity contribution >= 4 is 5.91 Å². The maximum absolute atomic E-state index is 11.7. The quantitative estimate of drug-likeness (QED) is 0.330. The fourth-order valence-corrected chi connectivity index (χ4v) is 1.20. The first-order chi connectivity index (χ1) is 8.15. The van der Waals surface area contributed by atoms with Crippen molar-refractivity contribution in [3.8, 4) is 11.8 Å². The van der Waals surface area contributed by atoms with E-state index in [9.17, 15) is 4.79 Å². The van der Waals surface area contributed by atoms with Crippen LogP contribution in [0.4, 0.5) is 0 Å². The molecule has 0 heterocycles. The third-order valence-electron chi connectivity index (χ3n) is 1.96. The van der Waals surface area contributed by atoms with Gasteiger partial charge in [0, 0.05) is 30.1 Å². The molecule has 0 N–H and O–H groups in total. The summed E-state index contributed by atoms with van der Waals surface area (Å²) in [7, 11) is 3.39. The van der Waals surface area contributed by atoms with Crippen molar-refractivity contribution in [1.82, 2.24) is 4.90 Å². The van der Waals surface area contributed by atoms with Gasteiger partial charge in [-0.1, -0.05) is 23.0 Å². The molecule has 0 bridgehead atoms. The number of azide groups is 1. The van der Waals surface area contributed by atoms with Crippen LogP contribution in [-0.4, -0.2) is 31.4 Å². The predicted octanol–water partition coefficient (Wildman–Crippen LogP) is 2.05. The van der Waals surface area contributed by atoms with Gasteiger partial charge in [-0.15, -0.1) is 0 Å². The number of nitrogens with zero attached hydrogens (tertiary/aromatic N) is 4. The molecule has 0 atom stereocenters. The third kappa shape index (κ3) is 3.90. The molecule has 5 nitrogen and oxygen atoms in total. The van der Waals surface area contributed by atoms with Gasteiger partial charge in [0.25, 0.3) is 5.91 Å². The Morgan fingerprint density at radius 3 is 2.94 bits per heavy atom. The second kappa shape index (κ2) is 6.21. The van der Waals surface area contributed by atoms with Crippen LogP contribution < -0.4 is 0 Å². The van der Waals surface area contributed by atoms with E-state index in [4.69, 9.17) is 5.53 Å². The average Bonchev–Trinajstić information content (AvgIpc) is 2.34. The van der Waals surface area contributed by atoms with Crippen LogP contribution in [-0.2, 0) is 0 Å². The molecule has 0 unspecified atom stereocenters. The summed E-state index contributed by atoms with van der Waals surface area (Å²) < 4.78 is 0. The molecule has 1 amide bonds. The number of carbonyl (C=O) groups is 1. The molecular weight excluding hydrogens is 216 g/mol. The van der Waals surface area contributed by atoms with Gasteiger partial charge >= 0.3 is 0 Å². The van der Waals surface area contributed by atoms with Crippen molar-refractivity contribution in [2.45, 2.75) is 0 Å². The summed E-state index contributed by atoms with van der Waals surface area (Å²) in [5, 5.41) is 3.30. The number of carbonyl (C=O) groups excluding carboxylic acids is 1. The molecule has 0 spiro atoms. The molecule has 0 saturated heterocycles. The summed E-state index contributed by atoms with van der Waals surface area (Å²) in [6, 6.07) is 7.02. The Bertz CT molecular complexity index is 519. The van der Waals surface area contributed by atoms with Crippen LogP contribution in [0.3, 0.4) is 0 Å². The number of benzene rings is 1. The lowest BCUT2D eigenvalue weighted by molar-refractivity contribution is 0.0827. The number of rotatable bonds is 2. The molecule has 1 aromatic carbocycles. The minimum absolute atomic E-state index is 0.0660. The summed E-state index contributed by atoms with van der Waals surface area (Å²) in [5.41, 5.74) is 9.40. The molecule has 86 valence electrons. The van der Waals surface area contributed by atoms with Gasteiger partial charge in [-0.25, -0.2) is 0 Å². The number of amides is 1. The molecule has 0 radical (unpaired) electrons. The number of hydrogen-bond acceptors (Lipinski definition) is 2. The van der Waals surface area contributed by atoms with Gasteiger partial charge in [-0.3, -0.25) is 4.79 Å². The predicted molar refractivity (Wildman–Crippen MR) is 65.4 cm³/mol. The molecule has 0 aliphatic carbocycles. The van der Waals surface area contributed by atoms with Gasteiger partial charge in [0.15, 0.2) is 0 Å². The Hall–Kier alpha value is -2.44. The van der Waals surface area contributed by atoms with Crippen LogP contribution in [0.1, 0.15) is 15.9 Å². The molecule has 0 saturated carbocycles. The Labute approximate surface area is 99.7 Å². The van der Waals surface area contributed by atoms with Crippen molar-refractivity contribution in [3.63, 3.8) is 0 Å². The highest BCUT2D eigenvalue weighted by Crippen LogP contribution is 2.06. The van der Waals surface area contributed by atoms with Crippen molar-refractivity contribution < 1.29 is 4.79 Å². The zero-order valence-corrected chi connectivity index (χ0v) is 9.71. The van der Waals surface area contributed by atoms with E-state index < -0.39 is 0 Å². The van der Waals surface area contributed by atoms with Gasteiger partial charge in [0.1, 0.15) is 0 Å². The SMILES string of the molecule is CN(C)C(=O)c1cccc(C#CCN=[N+]=[N-])c1. The van der Waals surface area contributed by atoms with E-state index in [0.717, 1.165) is 5.56 Å². The maximum atomic E-state index is 11.7. The van der Waals surface area contributed by atoms with Crippen molar-refractivity contribution in [1.29, 1.82) is 0 Å². The zero-order valence-electron chi connectivity index (χ0n) is 9.71. The minimum Gasteiger partial charge on any atom is -0.345 e. The van der Waals surface area contributed by atoms with E-state index in [1.54, 1.807) is 38.4 Å². The summed E-state index contributed by atoms with van der Waals surface area (Å²) in [6.07, 6.45) is 0. The second-order valence-electron chi connectivity index (χ2n) is 3.47. The first-order valence-corrected chi connectivity index (χ1v) is 4.96. The van der Waals surface area contributed by atoms with Crippen LogP contribution >= 0.6 is 0 Å². The minimum atomic E-state index is -0.0660. The molecule has 1 rings (SSSR count). The van der Waals surface area contributed by atoms with Gasteiger partial charge in [0.2, 0.25) is 0 Å². The summed E-state index contributed by atoms with van der Waals surface area (Å²) in [6.45, 7) is 0.127. The molecule has 0 aromatic heterocycles. The largest absolute Gasteiger partial charge is 0.345 e. The Balaban J connectivity index is 2.88. The monoisotopic (exact) mass is 228 g/mol. The standard InChI is InChI=1S/C12H12N4O/c1-16(2)12(17)11-7-3-5-10(9-11)6-4-8-14-15-13/h3,5,7,9H,8H2,1-2H3. The van der Waals surface area contributed by atoms with E-state index in [0.29, 0.717) is 5.56 Å². The van der Waals surface area contributed by atoms with Gasteiger partial charge in [-0.05, 0) is 23.7 Å². The summed E-state index contributed by atoms with van der Waals surface area (Å²) in [5.74, 6) is 5.46. The average molecular weight is 228 g/mol. The lowest BCUT2D eigenvalue weighted by atomic mass is 10.1. The normalized spacial score (nSPS) is 8.59. The van der Waals surface area contributed by atoms with E-state index in [1.807, 2.05) is 0 Å². The fraction of sp³-hybridized carbons (Fsp3) is 0.250. The van der Waals surface area contributed by atoms with Gasteiger partial charge in [-0.2, -0.15) is 0 Å². The maximum Gasteiger partial charge on any atom is 0.253 e. The van der Waals surface area contributed by atoms with Crippen LogP contribution in [0.2, 0.25) is 0 Å². The van der Waals surface area contributed by atoms with E-state index >= 15 is 0 Å². The van der Waals surface area contributed by atoms with Gasteiger partial charge < -0.3 is 4.90 Å². The van der Waals surface area contributed by atoms with Crippen LogP contribution in [0, 0.1) is 11.8 Å². The fourth-order valence-electron chi connectivity index (χ4n) is 1.20. The first-order valence-electron chi connectivity index (χ1n) is 4.96. The van der Waals surface area contributed by atoms with Crippen molar-refractivity contribution in [2.24, 2.45) is 5.11 Å². The molecule has 1 aromatic rings. The Morgan fingerprint density at radius 1 is 1.53 bits per heavy atom. The van der Waals surface area contributed by atoms with Crippen molar-refractivity contribution in [2.75, 3.05) is 20.6 Å². The summed E-state index contributed by atoms with van der Waals surface area (Å²) in [4.78, 5) is 15.8. The van der Waals surface area contributed by atoms with Gasteiger partial charge in [0.05, 0.1) is 6.54 Å². The van der Waals surface area contributed by atoms with E-state index in [1.165, 1.54) is 4.90 Å². The van der Waals surface area contributed by atoms with Crippen molar-refractivity contribution in [3.05, 3.63) is 45.8 Å². The lowest BCUT2D eigenvalue weighted by Gasteiger charge is -2.09. The zero-order chi connectivity index (χ0) is 12.7. The Kier molecular flexibility index (Phi) is 4.61. The van der Waals surface area contributed by atoms with Crippen LogP contribution in [0.25, 0.3) is 10.4 Å². The van der Waals surface area contributed by atoms with E-state index in [2.05, 4.69) is 21.9 Å². The highest BCUT2D eigenvalue weighted by atomic mass is 16.2. The molecule has 0 aliphatic rings. The lowest BCUT2D eigenvalue weighted by Crippen LogP contribution is -2.21. The topological polar surface area (TPSA) is 69.1 Å². The molecule has 0 aliphatic heterocycles. The number of hydrogen-bond donors (Lipinski definition) is 0. The molecule has 5 heteroatoms. The van der Waals surface area contributed by atoms with E-state index in [-0.39, 0.29) is 12.5 Å². The summed E-state index contributed by atoms with van der Waals surface area (Å²) >= 11 is 0.